The molecule has 0 amide bonds. The van der Waals surface area contributed by atoms with Crippen molar-refractivity contribution in [2.24, 2.45) is 0 Å². The summed E-state index contributed by atoms with van der Waals surface area (Å²) >= 11 is 0. The van der Waals surface area contributed by atoms with E-state index in [2.05, 4.69) is 40.2 Å². The third-order valence-corrected chi connectivity index (χ3v) is 3.50. The van der Waals surface area contributed by atoms with Crippen LogP contribution in [0, 0.1) is 0 Å². The molecule has 2 aromatic rings. The molecule has 1 aromatic carbocycles. The van der Waals surface area contributed by atoms with E-state index < -0.39 is 0 Å². The Morgan fingerprint density at radius 2 is 2.00 bits per heavy atom. The van der Waals surface area contributed by atoms with Gasteiger partial charge in [0.15, 0.2) is 0 Å². The van der Waals surface area contributed by atoms with Gasteiger partial charge in [-0.05, 0) is 24.5 Å². The van der Waals surface area contributed by atoms with Crippen LogP contribution in [0.4, 0.5) is 11.5 Å². The minimum absolute atomic E-state index is 0.431. The van der Waals surface area contributed by atoms with E-state index in [0.29, 0.717) is 6.04 Å². The predicted octanol–water partition coefficient (Wildman–Crippen LogP) is 3.01. The first-order valence-corrected chi connectivity index (χ1v) is 6.38. The second-order valence-corrected chi connectivity index (χ2v) is 4.71. The predicted molar refractivity (Wildman–Crippen MR) is 74.4 cm³/mol. The highest BCUT2D eigenvalue weighted by Crippen LogP contribution is 2.35. The van der Waals surface area contributed by atoms with Gasteiger partial charge < -0.3 is 10.6 Å². The minimum Gasteiger partial charge on any atom is -0.399 e. The molecule has 1 aliphatic heterocycles. The number of nitrogens with two attached hydrogens (primary N) is 1. The van der Waals surface area contributed by atoms with E-state index in [4.69, 9.17) is 5.73 Å². The Kier molecular flexibility index (Phi) is 2.89. The third kappa shape index (κ3) is 2.04. The Labute approximate surface area is 107 Å². The summed E-state index contributed by atoms with van der Waals surface area (Å²) in [6.45, 7) is 1.05. The lowest BCUT2D eigenvalue weighted by Gasteiger charge is -2.26. The van der Waals surface area contributed by atoms with Crippen molar-refractivity contribution < 1.29 is 0 Å². The Morgan fingerprint density at radius 3 is 2.78 bits per heavy atom. The molecule has 0 saturated carbocycles. The van der Waals surface area contributed by atoms with Crippen molar-refractivity contribution in [2.75, 3.05) is 17.2 Å². The fraction of sp³-hybridized carbons (Fsp3) is 0.267. The first kappa shape index (κ1) is 11.1. The van der Waals surface area contributed by atoms with Gasteiger partial charge in [-0.2, -0.15) is 0 Å². The fourth-order valence-corrected chi connectivity index (χ4v) is 2.65. The monoisotopic (exact) mass is 239 g/mol. The maximum atomic E-state index is 5.84. The van der Waals surface area contributed by atoms with Crippen LogP contribution in [-0.2, 0) is 0 Å². The maximum Gasteiger partial charge on any atom is 0.131 e. The van der Waals surface area contributed by atoms with Crippen molar-refractivity contribution in [3.05, 3.63) is 54.2 Å². The maximum absolute atomic E-state index is 5.84. The van der Waals surface area contributed by atoms with Gasteiger partial charge in [-0.25, -0.2) is 4.98 Å². The summed E-state index contributed by atoms with van der Waals surface area (Å²) in [6.07, 6.45) is 4.17. The molecule has 92 valence electrons. The molecule has 0 bridgehead atoms. The Hall–Kier alpha value is -2.03. The van der Waals surface area contributed by atoms with E-state index >= 15 is 0 Å². The van der Waals surface area contributed by atoms with Gasteiger partial charge in [0, 0.05) is 24.5 Å². The van der Waals surface area contributed by atoms with E-state index in [1.807, 2.05) is 12.1 Å². The standard InChI is InChI=1S/C15H17N3/c16-13-8-9-17-15(11-13)18-10-4-7-14(18)12-5-2-1-3-6-12/h1-3,5-6,8-9,11,14H,4,7,10H2,(H2,16,17). The number of rotatable bonds is 2. The molecule has 0 aliphatic carbocycles. The highest BCUT2D eigenvalue weighted by Gasteiger charge is 2.26. The van der Waals surface area contributed by atoms with Crippen LogP contribution in [0.5, 0.6) is 0 Å². The summed E-state index contributed by atoms with van der Waals surface area (Å²) in [5, 5.41) is 0. The lowest BCUT2D eigenvalue weighted by molar-refractivity contribution is 0.712. The summed E-state index contributed by atoms with van der Waals surface area (Å²) in [5.74, 6) is 0.987. The molecule has 18 heavy (non-hydrogen) atoms. The molecule has 1 aliphatic rings. The normalized spacial score (nSPS) is 19.1. The van der Waals surface area contributed by atoms with E-state index in [0.717, 1.165) is 18.1 Å². The van der Waals surface area contributed by atoms with E-state index in [-0.39, 0.29) is 0 Å². The topological polar surface area (TPSA) is 42.1 Å². The van der Waals surface area contributed by atoms with Gasteiger partial charge in [0.25, 0.3) is 0 Å². The fourth-order valence-electron chi connectivity index (χ4n) is 2.65. The van der Waals surface area contributed by atoms with Gasteiger partial charge in [0.2, 0.25) is 0 Å². The molecule has 3 nitrogen and oxygen atoms in total. The number of benzene rings is 1. The lowest BCUT2D eigenvalue weighted by Crippen LogP contribution is -2.23. The van der Waals surface area contributed by atoms with Gasteiger partial charge in [-0.15, -0.1) is 0 Å². The van der Waals surface area contributed by atoms with E-state index in [1.54, 1.807) is 6.20 Å². The molecule has 2 N–H and O–H groups in total. The van der Waals surface area contributed by atoms with Crippen LogP contribution in [0.15, 0.2) is 48.7 Å². The smallest absolute Gasteiger partial charge is 0.131 e. The van der Waals surface area contributed by atoms with E-state index in [1.165, 1.54) is 18.4 Å². The van der Waals surface area contributed by atoms with Gasteiger partial charge in [0.1, 0.15) is 5.82 Å². The number of hydrogen-bond donors (Lipinski definition) is 1. The van der Waals surface area contributed by atoms with Crippen molar-refractivity contribution in [1.82, 2.24) is 4.98 Å². The highest BCUT2D eigenvalue weighted by molar-refractivity contribution is 5.52. The Bertz CT molecular complexity index is 524. The first-order valence-electron chi connectivity index (χ1n) is 6.38. The number of pyridine rings is 1. The molecular formula is C15H17N3. The summed E-state index contributed by atoms with van der Waals surface area (Å²) < 4.78 is 0. The first-order chi connectivity index (χ1) is 8.84. The summed E-state index contributed by atoms with van der Waals surface area (Å²) in [6, 6.07) is 14.8. The summed E-state index contributed by atoms with van der Waals surface area (Å²) in [5.41, 5.74) is 7.98. The van der Waals surface area contributed by atoms with Crippen molar-refractivity contribution >= 4 is 11.5 Å². The highest BCUT2D eigenvalue weighted by atomic mass is 15.2. The molecule has 1 aromatic heterocycles. The van der Waals surface area contributed by atoms with Gasteiger partial charge in [-0.3, -0.25) is 0 Å². The van der Waals surface area contributed by atoms with Crippen LogP contribution in [0.3, 0.4) is 0 Å². The van der Waals surface area contributed by atoms with Crippen molar-refractivity contribution in [3.63, 3.8) is 0 Å². The average Bonchev–Trinajstić information content (AvgIpc) is 2.89. The zero-order valence-electron chi connectivity index (χ0n) is 10.3. The van der Waals surface area contributed by atoms with Gasteiger partial charge in [-0.1, -0.05) is 30.3 Å². The lowest BCUT2D eigenvalue weighted by atomic mass is 10.0. The quantitative estimate of drug-likeness (QED) is 0.876. The van der Waals surface area contributed by atoms with Crippen molar-refractivity contribution in [2.45, 2.75) is 18.9 Å². The second kappa shape index (κ2) is 4.69. The minimum atomic E-state index is 0.431. The van der Waals surface area contributed by atoms with Crippen LogP contribution >= 0.6 is 0 Å². The zero-order chi connectivity index (χ0) is 12.4. The molecule has 0 spiro atoms. The van der Waals surface area contributed by atoms with Crippen LogP contribution in [0.25, 0.3) is 0 Å². The molecule has 3 heteroatoms. The number of aromatic nitrogens is 1. The SMILES string of the molecule is Nc1ccnc(N2CCCC2c2ccccc2)c1. The third-order valence-electron chi connectivity index (χ3n) is 3.50. The molecule has 1 unspecified atom stereocenters. The molecule has 1 atom stereocenters. The molecule has 3 rings (SSSR count). The number of nitrogen functional groups attached to an aromatic ring is 1. The largest absolute Gasteiger partial charge is 0.399 e. The zero-order valence-corrected chi connectivity index (χ0v) is 10.3. The van der Waals surface area contributed by atoms with Crippen LogP contribution in [0.2, 0.25) is 0 Å². The Morgan fingerprint density at radius 1 is 1.17 bits per heavy atom. The second-order valence-electron chi connectivity index (χ2n) is 4.71. The molecule has 0 radical (unpaired) electrons. The van der Waals surface area contributed by atoms with E-state index in [9.17, 15) is 0 Å². The molecular weight excluding hydrogens is 222 g/mol. The molecule has 1 fully saturated rings. The van der Waals surface area contributed by atoms with Gasteiger partial charge in [0.05, 0.1) is 6.04 Å². The van der Waals surface area contributed by atoms with Crippen molar-refractivity contribution in [3.8, 4) is 0 Å². The summed E-state index contributed by atoms with van der Waals surface area (Å²) in [4.78, 5) is 6.80. The average molecular weight is 239 g/mol. The van der Waals surface area contributed by atoms with Crippen molar-refractivity contribution in [1.29, 1.82) is 0 Å². The summed E-state index contributed by atoms with van der Waals surface area (Å²) in [7, 11) is 0. The van der Waals surface area contributed by atoms with Crippen LogP contribution in [0.1, 0.15) is 24.4 Å². The number of nitrogens with zero attached hydrogens (tertiary/aromatic N) is 2. The molecule has 1 saturated heterocycles. The van der Waals surface area contributed by atoms with Gasteiger partial charge >= 0.3 is 0 Å². The number of hydrogen-bond acceptors (Lipinski definition) is 3. The van der Waals surface area contributed by atoms with Crippen LogP contribution in [-0.4, -0.2) is 11.5 Å². The van der Waals surface area contributed by atoms with Crippen LogP contribution < -0.4 is 10.6 Å². The molecule has 2 heterocycles. The Balaban J connectivity index is 1.92. The number of anilines is 2.